The zero-order valence-corrected chi connectivity index (χ0v) is 8.04. The van der Waals surface area contributed by atoms with E-state index in [2.05, 4.69) is 9.36 Å². The molecular weight excluding hydrogens is 204 g/mol. The fraction of sp³-hybridized carbons (Fsp3) is 0.143. The first-order chi connectivity index (χ1) is 6.59. The van der Waals surface area contributed by atoms with Crippen molar-refractivity contribution in [3.63, 3.8) is 0 Å². The maximum Gasteiger partial charge on any atom is 0.291 e. The van der Waals surface area contributed by atoms with Crippen LogP contribution < -0.4 is 5.73 Å². The Morgan fingerprint density at radius 1 is 1.64 bits per heavy atom. The number of fused-ring (bicyclic) bond motifs is 1. The molecule has 14 heavy (non-hydrogen) atoms. The number of hydrogen-bond donors (Lipinski definition) is 1. The van der Waals surface area contributed by atoms with E-state index >= 15 is 0 Å². The van der Waals surface area contributed by atoms with Crippen molar-refractivity contribution >= 4 is 33.3 Å². The van der Waals surface area contributed by atoms with E-state index in [1.54, 1.807) is 6.92 Å². The highest BCUT2D eigenvalue weighted by atomic mass is 32.1. The van der Waals surface area contributed by atoms with E-state index in [4.69, 9.17) is 5.73 Å². The molecule has 2 N–H and O–H groups in total. The number of nitro groups is 1. The van der Waals surface area contributed by atoms with Gasteiger partial charge in [-0.15, -0.1) is 0 Å². The zero-order valence-electron chi connectivity index (χ0n) is 7.22. The van der Waals surface area contributed by atoms with Crippen LogP contribution in [-0.2, 0) is 0 Å². The molecule has 0 saturated heterocycles. The minimum Gasteiger partial charge on any atom is -0.389 e. The number of hydrogen-bond acceptors (Lipinski definition) is 6. The van der Waals surface area contributed by atoms with Crippen LogP contribution >= 0.6 is 11.5 Å². The smallest absolute Gasteiger partial charge is 0.291 e. The monoisotopic (exact) mass is 210 g/mol. The highest BCUT2D eigenvalue weighted by Gasteiger charge is 2.15. The molecule has 7 heteroatoms. The van der Waals surface area contributed by atoms with Gasteiger partial charge in [0, 0.05) is 6.07 Å². The van der Waals surface area contributed by atoms with Crippen molar-refractivity contribution in [1.82, 2.24) is 9.36 Å². The minimum atomic E-state index is -0.473. The van der Waals surface area contributed by atoms with Gasteiger partial charge >= 0.3 is 0 Å². The number of nitrogen functional groups attached to an aromatic ring is 1. The molecule has 0 atom stereocenters. The first-order valence-corrected chi connectivity index (χ1v) is 4.54. The Morgan fingerprint density at radius 3 is 3.00 bits per heavy atom. The fourth-order valence-corrected chi connectivity index (χ4v) is 1.73. The summed E-state index contributed by atoms with van der Waals surface area (Å²) in [5.41, 5.74) is 6.39. The second-order valence-corrected chi connectivity index (χ2v) is 3.57. The molecule has 0 radical (unpaired) electrons. The first-order valence-electron chi connectivity index (χ1n) is 3.76. The molecule has 2 aromatic rings. The number of nitrogens with zero attached hydrogens (tertiary/aromatic N) is 3. The van der Waals surface area contributed by atoms with E-state index in [0.717, 1.165) is 11.5 Å². The Balaban J connectivity index is 2.80. The van der Waals surface area contributed by atoms with Crippen molar-refractivity contribution < 1.29 is 4.92 Å². The number of rotatable bonds is 1. The van der Waals surface area contributed by atoms with E-state index < -0.39 is 4.92 Å². The van der Waals surface area contributed by atoms with Gasteiger partial charge in [0.15, 0.2) is 5.65 Å². The van der Waals surface area contributed by atoms with Crippen molar-refractivity contribution in [2.75, 3.05) is 5.73 Å². The summed E-state index contributed by atoms with van der Waals surface area (Å²) in [4.78, 5) is 14.1. The maximum absolute atomic E-state index is 10.6. The van der Waals surface area contributed by atoms with Gasteiger partial charge in [0.25, 0.3) is 5.69 Å². The first kappa shape index (κ1) is 8.82. The molecule has 72 valence electrons. The molecule has 0 aromatic carbocycles. The van der Waals surface area contributed by atoms with Crippen LogP contribution in [0.5, 0.6) is 0 Å². The quantitative estimate of drug-likeness (QED) is 0.568. The SMILES string of the molecule is Cc1nc2nsc(N)c2cc1[N+](=O)[O-]. The van der Waals surface area contributed by atoms with Gasteiger partial charge in [-0.3, -0.25) is 10.1 Å². The van der Waals surface area contributed by atoms with E-state index in [1.807, 2.05) is 0 Å². The standard InChI is InChI=1S/C7H6N4O2S/c1-3-5(11(12)13)2-4-6(8)14-10-7(4)9-3/h2H,8H2,1H3. The highest BCUT2D eigenvalue weighted by molar-refractivity contribution is 7.11. The molecule has 0 saturated carbocycles. The van der Waals surface area contributed by atoms with Crippen LogP contribution in [0.2, 0.25) is 0 Å². The number of aromatic nitrogens is 2. The average molecular weight is 210 g/mol. The molecule has 6 nitrogen and oxygen atoms in total. The third kappa shape index (κ3) is 1.18. The summed E-state index contributed by atoms with van der Waals surface area (Å²) in [6, 6.07) is 1.41. The predicted molar refractivity (Wildman–Crippen MR) is 53.2 cm³/mol. The second-order valence-electron chi connectivity index (χ2n) is 2.77. The normalized spacial score (nSPS) is 10.6. The molecular formula is C7H6N4O2S. The van der Waals surface area contributed by atoms with Crippen LogP contribution in [0.3, 0.4) is 0 Å². The summed E-state index contributed by atoms with van der Waals surface area (Å²) in [6.07, 6.45) is 0. The van der Waals surface area contributed by atoms with Gasteiger partial charge in [0.2, 0.25) is 0 Å². The van der Waals surface area contributed by atoms with Crippen molar-refractivity contribution in [3.05, 3.63) is 21.9 Å². The molecule has 0 amide bonds. The molecule has 2 rings (SSSR count). The lowest BCUT2D eigenvalue weighted by Gasteiger charge is -1.95. The Kier molecular flexibility index (Phi) is 1.81. The van der Waals surface area contributed by atoms with E-state index in [9.17, 15) is 10.1 Å². The Labute approximate surface area is 82.7 Å². The molecule has 0 spiro atoms. The van der Waals surface area contributed by atoms with Crippen LogP contribution in [0.15, 0.2) is 6.07 Å². The van der Waals surface area contributed by atoms with E-state index in [1.165, 1.54) is 6.07 Å². The third-order valence-electron chi connectivity index (χ3n) is 1.86. The van der Waals surface area contributed by atoms with Crippen molar-refractivity contribution in [3.8, 4) is 0 Å². The number of pyridine rings is 1. The largest absolute Gasteiger partial charge is 0.389 e. The fourth-order valence-electron chi connectivity index (χ4n) is 1.16. The minimum absolute atomic E-state index is 0.0237. The number of aryl methyl sites for hydroxylation is 1. The van der Waals surface area contributed by atoms with Crippen LogP contribution in [0.4, 0.5) is 10.7 Å². The topological polar surface area (TPSA) is 94.9 Å². The second kappa shape index (κ2) is 2.88. The maximum atomic E-state index is 10.6. The lowest BCUT2D eigenvalue weighted by Crippen LogP contribution is -1.94. The van der Waals surface area contributed by atoms with Crippen molar-refractivity contribution in [2.24, 2.45) is 0 Å². The Bertz CT molecular complexity index is 522. The molecule has 0 aliphatic carbocycles. The summed E-state index contributed by atoms with van der Waals surface area (Å²) in [7, 11) is 0. The van der Waals surface area contributed by atoms with Crippen molar-refractivity contribution in [1.29, 1.82) is 0 Å². The van der Waals surface area contributed by atoms with E-state index in [-0.39, 0.29) is 5.69 Å². The Morgan fingerprint density at radius 2 is 2.36 bits per heavy atom. The molecule has 2 heterocycles. The summed E-state index contributed by atoms with van der Waals surface area (Å²) >= 11 is 1.09. The molecule has 0 bridgehead atoms. The van der Waals surface area contributed by atoms with Crippen molar-refractivity contribution in [2.45, 2.75) is 6.92 Å². The predicted octanol–water partition coefficient (Wildman–Crippen LogP) is 1.49. The van der Waals surface area contributed by atoms with Gasteiger partial charge in [-0.2, -0.15) is 4.37 Å². The van der Waals surface area contributed by atoms with Gasteiger partial charge < -0.3 is 5.73 Å². The summed E-state index contributed by atoms with van der Waals surface area (Å²) in [5.74, 6) is 0. The van der Waals surface area contributed by atoms with Gasteiger partial charge in [0.1, 0.15) is 10.7 Å². The summed E-state index contributed by atoms with van der Waals surface area (Å²) in [6.45, 7) is 1.58. The molecule has 0 aliphatic rings. The molecule has 2 aromatic heterocycles. The summed E-state index contributed by atoms with van der Waals surface area (Å²) < 4.78 is 3.96. The highest BCUT2D eigenvalue weighted by Crippen LogP contribution is 2.28. The lowest BCUT2D eigenvalue weighted by atomic mass is 10.2. The zero-order chi connectivity index (χ0) is 10.3. The number of nitrogens with two attached hydrogens (primary N) is 1. The van der Waals surface area contributed by atoms with Gasteiger partial charge in [0.05, 0.1) is 10.3 Å². The van der Waals surface area contributed by atoms with Gasteiger partial charge in [-0.1, -0.05) is 0 Å². The Hall–Kier alpha value is -1.76. The van der Waals surface area contributed by atoms with Gasteiger partial charge in [-0.05, 0) is 18.5 Å². The lowest BCUT2D eigenvalue weighted by molar-refractivity contribution is -0.385. The molecule has 0 unspecified atom stereocenters. The van der Waals surface area contributed by atoms with Crippen LogP contribution in [0, 0.1) is 17.0 Å². The van der Waals surface area contributed by atoms with Crippen LogP contribution in [-0.4, -0.2) is 14.3 Å². The average Bonchev–Trinajstić information content (AvgIpc) is 2.46. The molecule has 0 aliphatic heterocycles. The van der Waals surface area contributed by atoms with Gasteiger partial charge in [-0.25, -0.2) is 4.98 Å². The molecule has 0 fully saturated rings. The third-order valence-corrected chi connectivity index (χ3v) is 2.54. The van der Waals surface area contributed by atoms with Crippen LogP contribution in [0.1, 0.15) is 5.69 Å². The van der Waals surface area contributed by atoms with E-state index in [0.29, 0.717) is 21.7 Å². The summed E-state index contributed by atoms with van der Waals surface area (Å²) in [5, 5.41) is 11.6. The van der Waals surface area contributed by atoms with Crippen LogP contribution in [0.25, 0.3) is 11.0 Å². The number of anilines is 1.